The highest BCUT2D eigenvalue weighted by Crippen LogP contribution is 2.57. The quantitative estimate of drug-likeness (QED) is 0.228. The monoisotopic (exact) mass is 570 g/mol. The summed E-state index contributed by atoms with van der Waals surface area (Å²) in [5, 5.41) is 8.06. The van der Waals surface area contributed by atoms with Crippen LogP contribution < -0.4 is 4.74 Å². The number of hydrogen-bond acceptors (Lipinski definition) is 5. The summed E-state index contributed by atoms with van der Waals surface area (Å²) in [4.78, 5) is 1.96. The first-order valence-corrected chi connectivity index (χ1v) is 13.6. The van der Waals surface area contributed by atoms with Crippen molar-refractivity contribution in [2.24, 2.45) is 10.2 Å². The normalized spacial score (nSPS) is 16.3. The lowest BCUT2D eigenvalue weighted by atomic mass is 9.89. The summed E-state index contributed by atoms with van der Waals surface area (Å²) in [6.07, 6.45) is 9.08. The van der Waals surface area contributed by atoms with E-state index in [0.29, 0.717) is 0 Å². The van der Waals surface area contributed by atoms with E-state index in [1.54, 1.807) is 25.5 Å². The van der Waals surface area contributed by atoms with E-state index in [2.05, 4.69) is 32.2 Å². The Labute approximate surface area is 219 Å². The Bertz CT molecular complexity index is 1390. The third-order valence-corrected chi connectivity index (χ3v) is 9.39. The van der Waals surface area contributed by atoms with Crippen LogP contribution in [0.2, 0.25) is 0 Å². The van der Waals surface area contributed by atoms with Gasteiger partial charge < -0.3 is 4.74 Å². The van der Waals surface area contributed by atoms with Gasteiger partial charge in [-0.3, -0.25) is 0 Å². The molecule has 0 fully saturated rings. The zero-order valence-corrected chi connectivity index (χ0v) is 22.1. The summed E-state index contributed by atoms with van der Waals surface area (Å²) < 4.78 is 36.8. The fourth-order valence-corrected chi connectivity index (χ4v) is 7.40. The Kier molecular flexibility index (Phi) is 7.41. The van der Waals surface area contributed by atoms with Crippen LogP contribution in [0.4, 0.5) is 8.78 Å². The second kappa shape index (κ2) is 10.7. The van der Waals surface area contributed by atoms with Crippen molar-refractivity contribution in [1.29, 1.82) is 0 Å². The number of hydrogen-bond donors (Lipinski definition) is 0. The standard InChI is InChI=1S/C27H21BrF2N2OS2/c1-33-22-12-11-21(28)26-27(22)35-23(34-26)13-17-9-10-19(25(30)24(17)29)15-32-31-14-18-7-4-6-16-5-2-3-8-20(16)18/h4,6-7,9-15H,2-3,5,8H2,1H3/b23-13+,31-14+,32-15+. The van der Waals surface area contributed by atoms with Crippen molar-refractivity contribution >= 4 is 58.0 Å². The second-order valence-corrected chi connectivity index (χ2v) is 11.3. The Morgan fingerprint density at radius 1 is 0.857 bits per heavy atom. The van der Waals surface area contributed by atoms with Crippen LogP contribution >= 0.6 is 39.5 Å². The summed E-state index contributed by atoms with van der Waals surface area (Å²) in [5.74, 6) is -1.11. The Morgan fingerprint density at radius 3 is 2.40 bits per heavy atom. The maximum Gasteiger partial charge on any atom is 0.168 e. The minimum atomic E-state index is -0.945. The number of fused-ring (bicyclic) bond motifs is 2. The highest BCUT2D eigenvalue weighted by atomic mass is 79.9. The second-order valence-electron chi connectivity index (χ2n) is 8.13. The van der Waals surface area contributed by atoms with Gasteiger partial charge in [0, 0.05) is 20.5 Å². The Balaban J connectivity index is 1.33. The Morgan fingerprint density at radius 2 is 1.57 bits per heavy atom. The van der Waals surface area contributed by atoms with Gasteiger partial charge in [-0.25, -0.2) is 8.78 Å². The average molecular weight is 572 g/mol. The van der Waals surface area contributed by atoms with E-state index in [0.717, 1.165) is 42.7 Å². The molecule has 35 heavy (non-hydrogen) atoms. The third kappa shape index (κ3) is 5.10. The molecule has 0 atom stereocenters. The van der Waals surface area contributed by atoms with Crippen molar-refractivity contribution in [3.8, 4) is 5.75 Å². The van der Waals surface area contributed by atoms with Crippen LogP contribution in [-0.2, 0) is 12.8 Å². The number of methoxy groups -OCH3 is 1. The van der Waals surface area contributed by atoms with Crippen LogP contribution in [0, 0.1) is 11.6 Å². The van der Waals surface area contributed by atoms with Crippen LogP contribution in [0.15, 0.2) is 71.2 Å². The molecule has 2 aliphatic rings. The van der Waals surface area contributed by atoms with Crippen LogP contribution in [0.5, 0.6) is 5.75 Å². The van der Waals surface area contributed by atoms with Gasteiger partial charge in [0.2, 0.25) is 0 Å². The van der Waals surface area contributed by atoms with Crippen LogP contribution in [-0.4, -0.2) is 19.5 Å². The maximum absolute atomic E-state index is 14.9. The molecule has 0 bridgehead atoms. The molecule has 0 unspecified atom stereocenters. The zero-order chi connectivity index (χ0) is 24.4. The van der Waals surface area contributed by atoms with Gasteiger partial charge in [0.25, 0.3) is 0 Å². The summed E-state index contributed by atoms with van der Waals surface area (Å²) in [7, 11) is 1.61. The smallest absolute Gasteiger partial charge is 0.168 e. The van der Waals surface area contributed by atoms with E-state index in [1.807, 2.05) is 24.3 Å². The molecule has 0 radical (unpaired) electrons. The summed E-state index contributed by atoms with van der Waals surface area (Å²) in [6, 6.07) is 13.0. The molecule has 1 heterocycles. The third-order valence-electron chi connectivity index (χ3n) is 5.96. The molecule has 1 aliphatic carbocycles. The molecule has 8 heteroatoms. The van der Waals surface area contributed by atoms with Crippen LogP contribution in [0.25, 0.3) is 6.08 Å². The van der Waals surface area contributed by atoms with Gasteiger partial charge >= 0.3 is 0 Å². The fourth-order valence-electron chi connectivity index (χ4n) is 4.19. The molecule has 0 N–H and O–H groups in total. The molecular formula is C27H21BrF2N2OS2. The van der Waals surface area contributed by atoms with E-state index in [1.165, 1.54) is 59.8 Å². The molecule has 0 saturated heterocycles. The number of ether oxygens (including phenoxy) is 1. The minimum absolute atomic E-state index is 0.0521. The molecule has 0 spiro atoms. The lowest BCUT2D eigenvalue weighted by Gasteiger charge is -2.17. The van der Waals surface area contributed by atoms with Gasteiger partial charge in [0.15, 0.2) is 11.6 Å². The van der Waals surface area contributed by atoms with Crippen LogP contribution in [0.3, 0.4) is 0 Å². The molecule has 3 nitrogen and oxygen atoms in total. The first kappa shape index (κ1) is 24.3. The minimum Gasteiger partial charge on any atom is -0.496 e. The van der Waals surface area contributed by atoms with Crippen molar-refractivity contribution in [2.75, 3.05) is 7.11 Å². The van der Waals surface area contributed by atoms with E-state index in [4.69, 9.17) is 4.74 Å². The van der Waals surface area contributed by atoms with E-state index in [-0.39, 0.29) is 11.1 Å². The number of nitrogens with zero attached hydrogens (tertiary/aromatic N) is 2. The predicted molar refractivity (Wildman–Crippen MR) is 145 cm³/mol. The SMILES string of the molecule is COc1ccc(Br)c2c1S/C(=C/c1ccc(/C=N/N=C/c3cccc4c3CCCC4)c(F)c1F)S2. The number of thioether (sulfide) groups is 2. The molecule has 3 aromatic rings. The van der Waals surface area contributed by atoms with Crippen molar-refractivity contribution in [3.05, 3.63) is 90.6 Å². The van der Waals surface area contributed by atoms with Crippen molar-refractivity contribution in [1.82, 2.24) is 0 Å². The van der Waals surface area contributed by atoms with Crippen molar-refractivity contribution in [3.63, 3.8) is 0 Å². The first-order chi connectivity index (χ1) is 17.0. The largest absolute Gasteiger partial charge is 0.496 e. The molecule has 0 aromatic heterocycles. The summed E-state index contributed by atoms with van der Waals surface area (Å²) in [6.45, 7) is 0. The van der Waals surface area contributed by atoms with E-state index >= 15 is 0 Å². The predicted octanol–water partition coefficient (Wildman–Crippen LogP) is 8.26. The number of aryl methyl sites for hydroxylation is 1. The van der Waals surface area contributed by atoms with Crippen molar-refractivity contribution in [2.45, 2.75) is 35.5 Å². The molecule has 3 aromatic carbocycles. The maximum atomic E-state index is 14.9. The number of rotatable bonds is 5. The zero-order valence-electron chi connectivity index (χ0n) is 18.9. The van der Waals surface area contributed by atoms with Gasteiger partial charge in [0.1, 0.15) is 5.75 Å². The van der Waals surface area contributed by atoms with Gasteiger partial charge in [-0.05, 0) is 82.6 Å². The average Bonchev–Trinajstić information content (AvgIpc) is 3.31. The molecule has 178 valence electrons. The summed E-state index contributed by atoms with van der Waals surface area (Å²) in [5.41, 5.74) is 3.92. The van der Waals surface area contributed by atoms with Crippen molar-refractivity contribution < 1.29 is 13.5 Å². The lowest BCUT2D eigenvalue weighted by molar-refractivity contribution is 0.402. The highest BCUT2D eigenvalue weighted by Gasteiger charge is 2.25. The molecular weight excluding hydrogens is 550 g/mol. The molecule has 0 saturated carbocycles. The number of halogens is 3. The topological polar surface area (TPSA) is 34.0 Å². The molecule has 0 amide bonds. The Hall–Kier alpha value is -2.42. The first-order valence-electron chi connectivity index (χ1n) is 11.1. The molecule has 5 rings (SSSR count). The summed E-state index contributed by atoms with van der Waals surface area (Å²) >= 11 is 6.51. The van der Waals surface area contributed by atoms with Gasteiger partial charge in [-0.2, -0.15) is 10.2 Å². The highest BCUT2D eigenvalue weighted by molar-refractivity contribution is 9.10. The van der Waals surface area contributed by atoms with E-state index < -0.39 is 11.6 Å². The van der Waals surface area contributed by atoms with Crippen LogP contribution in [0.1, 0.15) is 40.7 Å². The molecule has 1 aliphatic heterocycles. The van der Waals surface area contributed by atoms with Gasteiger partial charge in [0.05, 0.1) is 28.7 Å². The number of benzene rings is 3. The van der Waals surface area contributed by atoms with E-state index in [9.17, 15) is 8.78 Å². The fraction of sp³-hybridized carbons (Fsp3) is 0.185. The lowest BCUT2D eigenvalue weighted by Crippen LogP contribution is -2.05. The van der Waals surface area contributed by atoms with Gasteiger partial charge in [-0.1, -0.05) is 47.8 Å². The van der Waals surface area contributed by atoms with Gasteiger partial charge in [-0.15, -0.1) is 0 Å².